The third-order valence-corrected chi connectivity index (χ3v) is 2.61. The number of methoxy groups -OCH3 is 2. The highest BCUT2D eigenvalue weighted by molar-refractivity contribution is 5.75. The van der Waals surface area contributed by atoms with Crippen molar-refractivity contribution in [1.82, 2.24) is 0 Å². The summed E-state index contributed by atoms with van der Waals surface area (Å²) < 4.78 is 46.8. The van der Waals surface area contributed by atoms with Crippen LogP contribution in [0.1, 0.15) is 17.2 Å². The predicted molar refractivity (Wildman–Crippen MR) is 61.0 cm³/mol. The molecule has 0 aliphatic heterocycles. The number of ether oxygens (including phenoxy) is 2. The summed E-state index contributed by atoms with van der Waals surface area (Å²) in [6.07, 6.45) is -8.24. The highest BCUT2D eigenvalue weighted by Gasteiger charge is 2.35. The molecule has 112 valence electrons. The van der Waals surface area contributed by atoms with E-state index in [-0.39, 0.29) is 5.56 Å². The Morgan fingerprint density at radius 2 is 1.85 bits per heavy atom. The molecule has 0 heterocycles. The van der Waals surface area contributed by atoms with E-state index >= 15 is 0 Å². The van der Waals surface area contributed by atoms with Gasteiger partial charge in [0.2, 0.25) is 0 Å². The highest BCUT2D eigenvalue weighted by atomic mass is 19.4. The molecular weight excluding hydrogens is 281 g/mol. The summed E-state index contributed by atoms with van der Waals surface area (Å²) in [7, 11) is 2.04. The second-order valence-corrected chi connectivity index (χ2v) is 3.87. The van der Waals surface area contributed by atoms with Gasteiger partial charge in [-0.25, -0.2) is 4.79 Å². The quantitative estimate of drug-likeness (QED) is 0.818. The third kappa shape index (κ3) is 3.40. The minimum absolute atomic E-state index is 0.104. The van der Waals surface area contributed by atoms with Gasteiger partial charge < -0.3 is 19.7 Å². The molecule has 0 bridgehead atoms. The average Bonchev–Trinajstić information content (AvgIpc) is 2.42. The van der Waals surface area contributed by atoms with E-state index in [0.717, 1.165) is 26.4 Å². The fourth-order valence-corrected chi connectivity index (χ4v) is 1.56. The number of hydrogen-bond acceptors (Lipinski definition) is 5. The van der Waals surface area contributed by atoms with Gasteiger partial charge in [-0.2, -0.15) is 13.2 Å². The second-order valence-electron chi connectivity index (χ2n) is 3.87. The molecule has 0 radical (unpaired) electrons. The zero-order chi connectivity index (χ0) is 15.5. The van der Waals surface area contributed by atoms with E-state index in [1.165, 1.54) is 0 Å². The van der Waals surface area contributed by atoms with Gasteiger partial charge in [0, 0.05) is 0 Å². The number of benzene rings is 1. The fraction of sp³-hybridized carbons (Fsp3) is 0.417. The second kappa shape index (κ2) is 6.10. The van der Waals surface area contributed by atoms with Gasteiger partial charge in [0.25, 0.3) is 0 Å². The smallest absolute Gasteiger partial charge is 0.419 e. The average molecular weight is 294 g/mol. The number of aliphatic hydroxyl groups excluding tert-OH is 2. The van der Waals surface area contributed by atoms with Crippen molar-refractivity contribution in [2.75, 3.05) is 14.2 Å². The molecule has 0 spiro atoms. The van der Waals surface area contributed by atoms with Gasteiger partial charge in [-0.05, 0) is 17.7 Å². The highest BCUT2D eigenvalue weighted by Crippen LogP contribution is 2.37. The molecule has 0 aliphatic rings. The molecule has 8 heteroatoms. The third-order valence-electron chi connectivity index (χ3n) is 2.61. The van der Waals surface area contributed by atoms with Crippen LogP contribution in [0.4, 0.5) is 13.2 Å². The van der Waals surface area contributed by atoms with Crippen LogP contribution in [0, 0.1) is 0 Å². The number of esters is 1. The minimum Gasteiger partial charge on any atom is -0.496 e. The van der Waals surface area contributed by atoms with Crippen LogP contribution in [0.25, 0.3) is 0 Å². The van der Waals surface area contributed by atoms with Crippen molar-refractivity contribution in [3.8, 4) is 5.75 Å². The monoisotopic (exact) mass is 294 g/mol. The van der Waals surface area contributed by atoms with Crippen LogP contribution in [0.5, 0.6) is 5.75 Å². The molecule has 0 amide bonds. The van der Waals surface area contributed by atoms with Crippen LogP contribution >= 0.6 is 0 Å². The summed E-state index contributed by atoms with van der Waals surface area (Å²) in [6, 6.07) is 2.54. The van der Waals surface area contributed by atoms with Gasteiger partial charge in [0.15, 0.2) is 6.10 Å². The summed E-state index contributed by atoms with van der Waals surface area (Å²) in [5.74, 6) is -1.62. The van der Waals surface area contributed by atoms with Crippen molar-refractivity contribution in [3.05, 3.63) is 29.3 Å². The lowest BCUT2D eigenvalue weighted by Crippen LogP contribution is -2.29. The number of halogens is 3. The van der Waals surface area contributed by atoms with Gasteiger partial charge in [0.1, 0.15) is 11.9 Å². The van der Waals surface area contributed by atoms with E-state index in [0.29, 0.717) is 6.07 Å². The van der Waals surface area contributed by atoms with Crippen molar-refractivity contribution in [1.29, 1.82) is 0 Å². The topological polar surface area (TPSA) is 76.0 Å². The molecule has 5 nitrogen and oxygen atoms in total. The SMILES string of the molecule is COC(=O)C(O)C(O)c1ccc(C(F)(F)F)c(OC)c1. The van der Waals surface area contributed by atoms with E-state index in [1.807, 2.05) is 0 Å². The Kier molecular flexibility index (Phi) is 4.96. The molecule has 2 N–H and O–H groups in total. The van der Waals surface area contributed by atoms with Crippen LogP contribution in [0.2, 0.25) is 0 Å². The maximum absolute atomic E-state index is 12.6. The first-order valence-electron chi connectivity index (χ1n) is 5.41. The minimum atomic E-state index is -4.62. The summed E-state index contributed by atoms with van der Waals surface area (Å²) in [5, 5.41) is 19.2. The van der Waals surface area contributed by atoms with Crippen LogP contribution in [-0.2, 0) is 15.7 Å². The van der Waals surface area contributed by atoms with E-state index in [2.05, 4.69) is 9.47 Å². The molecule has 2 unspecified atom stereocenters. The molecule has 0 saturated heterocycles. The lowest BCUT2D eigenvalue weighted by atomic mass is 10.0. The van der Waals surface area contributed by atoms with Gasteiger partial charge in [-0.15, -0.1) is 0 Å². The maximum atomic E-state index is 12.6. The molecule has 1 aromatic carbocycles. The lowest BCUT2D eigenvalue weighted by molar-refractivity contribution is -0.156. The molecular formula is C12H13F3O5. The first-order chi connectivity index (χ1) is 9.22. The number of rotatable bonds is 4. The lowest BCUT2D eigenvalue weighted by Gasteiger charge is -2.18. The Bertz CT molecular complexity index is 486. The zero-order valence-electron chi connectivity index (χ0n) is 10.6. The molecule has 0 saturated carbocycles. The van der Waals surface area contributed by atoms with E-state index in [9.17, 15) is 28.2 Å². The molecule has 1 aromatic rings. The van der Waals surface area contributed by atoms with Crippen molar-refractivity contribution in [2.45, 2.75) is 18.4 Å². The van der Waals surface area contributed by atoms with Crippen molar-refractivity contribution >= 4 is 5.97 Å². The van der Waals surface area contributed by atoms with E-state index in [4.69, 9.17) is 0 Å². The largest absolute Gasteiger partial charge is 0.496 e. The summed E-state index contributed by atoms with van der Waals surface area (Å²) in [6.45, 7) is 0. The Morgan fingerprint density at radius 3 is 2.30 bits per heavy atom. The Balaban J connectivity index is 3.13. The van der Waals surface area contributed by atoms with Crippen LogP contribution in [-0.4, -0.2) is 36.5 Å². The van der Waals surface area contributed by atoms with Crippen molar-refractivity contribution in [2.24, 2.45) is 0 Å². The number of alkyl halides is 3. The standard InChI is InChI=1S/C12H13F3O5/c1-19-8-5-6(3-4-7(8)12(13,14)15)9(16)10(17)11(18)20-2/h3-5,9-10,16-17H,1-2H3. The maximum Gasteiger partial charge on any atom is 0.419 e. The van der Waals surface area contributed by atoms with Gasteiger partial charge in [0.05, 0.1) is 19.8 Å². The summed E-state index contributed by atoms with van der Waals surface area (Å²) >= 11 is 0. The summed E-state index contributed by atoms with van der Waals surface area (Å²) in [5.41, 5.74) is -1.13. The molecule has 0 aliphatic carbocycles. The van der Waals surface area contributed by atoms with Crippen molar-refractivity contribution in [3.63, 3.8) is 0 Å². The van der Waals surface area contributed by atoms with E-state index in [1.54, 1.807) is 0 Å². The van der Waals surface area contributed by atoms with Gasteiger partial charge >= 0.3 is 12.1 Å². The van der Waals surface area contributed by atoms with Crippen LogP contribution in [0.3, 0.4) is 0 Å². The Morgan fingerprint density at radius 1 is 1.25 bits per heavy atom. The first kappa shape index (κ1) is 16.3. The van der Waals surface area contributed by atoms with Crippen LogP contribution in [0.15, 0.2) is 18.2 Å². The van der Waals surface area contributed by atoms with Gasteiger partial charge in [-0.1, -0.05) is 6.07 Å². The normalized spacial score (nSPS) is 14.6. The zero-order valence-corrected chi connectivity index (χ0v) is 10.6. The van der Waals surface area contributed by atoms with Crippen molar-refractivity contribution < 1.29 is 37.7 Å². The summed E-state index contributed by atoms with van der Waals surface area (Å²) in [4.78, 5) is 11.1. The Hall–Kier alpha value is -1.80. The molecule has 0 fully saturated rings. The molecule has 0 aromatic heterocycles. The number of carbonyl (C=O) groups excluding carboxylic acids is 1. The van der Waals surface area contributed by atoms with Crippen LogP contribution < -0.4 is 4.74 Å². The Labute approximate surface area is 112 Å². The fourth-order valence-electron chi connectivity index (χ4n) is 1.56. The molecule has 1 rings (SSSR count). The number of aliphatic hydroxyl groups is 2. The number of hydrogen-bond donors (Lipinski definition) is 2. The number of carbonyl (C=O) groups is 1. The van der Waals surface area contributed by atoms with E-state index < -0.39 is 35.7 Å². The molecule has 2 atom stereocenters. The van der Waals surface area contributed by atoms with Gasteiger partial charge in [-0.3, -0.25) is 0 Å². The molecule has 20 heavy (non-hydrogen) atoms. The predicted octanol–water partition coefficient (Wildman–Crippen LogP) is 1.28. The first-order valence-corrected chi connectivity index (χ1v) is 5.41.